The van der Waals surface area contributed by atoms with Crippen LogP contribution >= 0.6 is 23.4 Å². The number of carbonyl (C=O) groups excluding carboxylic acids is 7. The molecule has 368 valence electrons. The van der Waals surface area contributed by atoms with Crippen LogP contribution in [0.2, 0.25) is 5.02 Å². The van der Waals surface area contributed by atoms with Crippen LogP contribution in [0, 0.1) is 23.7 Å². The molecule has 0 spiro atoms. The third-order valence-electron chi connectivity index (χ3n) is 14.6. The van der Waals surface area contributed by atoms with Crippen LogP contribution in [0.3, 0.4) is 0 Å². The number of allylic oxidation sites excluding steroid dienone is 3. The quantitative estimate of drug-likeness (QED) is 0.180. The molecule has 4 N–H and O–H groups in total. The number of likely N-dealkylation sites (tertiary alicyclic amines) is 1. The Morgan fingerprint density at radius 1 is 1.10 bits per heavy atom. The van der Waals surface area contributed by atoms with Crippen LogP contribution in [-0.4, -0.2) is 138 Å². The van der Waals surface area contributed by atoms with Gasteiger partial charge in [0.15, 0.2) is 11.5 Å². The minimum atomic E-state index is -1.84. The van der Waals surface area contributed by atoms with E-state index in [0.717, 1.165) is 11.1 Å². The number of nitrogens with zero attached hydrogens (tertiary/aromatic N) is 3. The maximum atomic E-state index is 14.4. The highest BCUT2D eigenvalue weighted by molar-refractivity contribution is 8.00. The molecule has 9 atom stereocenters. The lowest BCUT2D eigenvalue weighted by molar-refractivity contribution is -0.142. The van der Waals surface area contributed by atoms with Crippen molar-refractivity contribution >= 4 is 70.5 Å². The number of nitrogens with two attached hydrogens (primary N) is 1. The lowest BCUT2D eigenvalue weighted by Gasteiger charge is -2.42. The second-order valence-electron chi connectivity index (χ2n) is 19.1. The van der Waals surface area contributed by atoms with Gasteiger partial charge >= 0.3 is 6.09 Å². The van der Waals surface area contributed by atoms with Gasteiger partial charge < -0.3 is 39.6 Å². The van der Waals surface area contributed by atoms with E-state index in [4.69, 9.17) is 36.3 Å². The van der Waals surface area contributed by atoms with Gasteiger partial charge in [0.2, 0.25) is 29.5 Å². The van der Waals surface area contributed by atoms with E-state index >= 15 is 0 Å². The maximum Gasteiger partial charge on any atom is 0.409 e. The fourth-order valence-electron chi connectivity index (χ4n) is 10.0. The molecule has 0 aromatic heterocycles. The standard InChI is InChI=1S/C48H66ClN5O12S/c1-26-10-9-11-38(64-8)48(62)24-36(65-46(61)51-48)27(2)43-47(4,66-43)32(22-40(57)53(6)33-19-30(18-26)20-35(63-7)42(33)49)21-34(55)28(3)52(5)39(56)16-17-67-37-23-41(58)54(45(37)60)25-29-12-14-31(15-13-29)44(50)59/h9-11,19-20,27-29,31-32,36-38,43,62H,12-18,21-25H2,1-8H3,(H2,50,59)(H,51,61)/b11-9+,26-10+/t27-,28+,29-,31-,32+,36+,37?,38-,43+,47+,48+/m1/s1. The molecule has 5 aliphatic rings. The van der Waals surface area contributed by atoms with Gasteiger partial charge in [-0.15, -0.1) is 11.8 Å². The van der Waals surface area contributed by atoms with E-state index < -0.39 is 58.9 Å². The molecule has 1 aromatic carbocycles. The summed E-state index contributed by atoms with van der Waals surface area (Å²) < 4.78 is 23.4. The number of aliphatic hydroxyl groups is 1. The number of ketones is 1. The number of alkyl carbamates (subject to hydrolysis) is 1. The summed E-state index contributed by atoms with van der Waals surface area (Å²) in [4.78, 5) is 97.1. The molecule has 1 saturated carbocycles. The van der Waals surface area contributed by atoms with E-state index in [2.05, 4.69) is 5.32 Å². The topological polar surface area (TPSA) is 228 Å². The van der Waals surface area contributed by atoms with E-state index in [1.807, 2.05) is 32.9 Å². The third kappa shape index (κ3) is 11.7. The number of anilines is 1. The molecule has 17 nitrogen and oxygen atoms in total. The number of rotatable bonds is 13. The second kappa shape index (κ2) is 21.4. The Morgan fingerprint density at radius 3 is 2.46 bits per heavy atom. The van der Waals surface area contributed by atoms with Crippen molar-refractivity contribution in [1.29, 1.82) is 0 Å². The van der Waals surface area contributed by atoms with Gasteiger partial charge in [-0.25, -0.2) is 4.79 Å². The summed E-state index contributed by atoms with van der Waals surface area (Å²) in [6.45, 7) is 7.49. The number of benzene rings is 1. The molecule has 1 unspecified atom stereocenters. The lowest BCUT2D eigenvalue weighted by atomic mass is 9.77. The van der Waals surface area contributed by atoms with E-state index in [1.165, 1.54) is 47.7 Å². The Morgan fingerprint density at radius 2 is 1.81 bits per heavy atom. The minimum Gasteiger partial charge on any atom is -0.495 e. The SMILES string of the molecule is COc1cc2cc(c1Cl)N(C)C(=O)C[C@H](CC(=O)[C@H](C)N(C)C(=O)CCSC1CC(=O)N(C[C@H]3CC[C@H](C(N)=O)CC3)C1=O)[C@]1(C)O[C@H]1[C@H](C)[C@@H]1C[C@@](O)(NC(=O)O1)[C@H](OC)/C=C/C=C(\C)C2. The largest absolute Gasteiger partial charge is 0.495 e. The summed E-state index contributed by atoms with van der Waals surface area (Å²) in [6.07, 6.45) is 4.88. The zero-order valence-corrected chi connectivity index (χ0v) is 41.3. The fraction of sp³-hybridized carbons (Fsp3) is 0.646. The monoisotopic (exact) mass is 971 g/mol. The van der Waals surface area contributed by atoms with Crippen molar-refractivity contribution in [2.75, 3.05) is 45.5 Å². The lowest BCUT2D eigenvalue weighted by Crippen LogP contribution is -2.63. The number of nitrogens with one attached hydrogen (secondary N) is 1. The number of Topliss-reactive ketones (excluding diaryl/α,β-unsaturated/α-hetero) is 1. The van der Waals surface area contributed by atoms with E-state index in [1.54, 1.807) is 32.2 Å². The summed E-state index contributed by atoms with van der Waals surface area (Å²) in [5.41, 5.74) is 4.68. The number of hydrogen-bond acceptors (Lipinski definition) is 13. The van der Waals surface area contributed by atoms with Crippen molar-refractivity contribution < 1.29 is 57.6 Å². The molecule has 6 amide bonds. The first-order valence-electron chi connectivity index (χ1n) is 23.0. The first kappa shape index (κ1) is 51.9. The molecule has 4 bridgehead atoms. The van der Waals surface area contributed by atoms with Gasteiger partial charge in [-0.2, -0.15) is 0 Å². The number of ether oxygens (including phenoxy) is 4. The normalized spacial score (nSPS) is 33.1. The van der Waals surface area contributed by atoms with Crippen molar-refractivity contribution in [3.63, 3.8) is 0 Å². The minimum absolute atomic E-state index is 0.0145. The van der Waals surface area contributed by atoms with E-state index in [-0.39, 0.29) is 90.0 Å². The van der Waals surface area contributed by atoms with Crippen LogP contribution in [0.25, 0.3) is 0 Å². The van der Waals surface area contributed by atoms with Crippen molar-refractivity contribution in [3.05, 3.63) is 46.5 Å². The number of epoxide rings is 1. The number of imide groups is 1. The Kier molecular flexibility index (Phi) is 16.6. The fourth-order valence-corrected chi connectivity index (χ4v) is 11.4. The first-order chi connectivity index (χ1) is 31.6. The van der Waals surface area contributed by atoms with Gasteiger partial charge in [0.1, 0.15) is 23.0 Å². The Labute approximate surface area is 401 Å². The van der Waals surface area contributed by atoms with Crippen LogP contribution < -0.4 is 20.7 Å². The van der Waals surface area contributed by atoms with Crippen LogP contribution in [0.5, 0.6) is 5.75 Å². The van der Waals surface area contributed by atoms with Crippen LogP contribution in [0.15, 0.2) is 35.9 Å². The Balaban J connectivity index is 1.16. The van der Waals surface area contributed by atoms with E-state index in [0.29, 0.717) is 50.1 Å². The molecular formula is C48H66ClN5O12S. The van der Waals surface area contributed by atoms with Gasteiger partial charge in [-0.05, 0) is 76.5 Å². The maximum absolute atomic E-state index is 14.4. The molecule has 1 aliphatic carbocycles. The van der Waals surface area contributed by atoms with Gasteiger partial charge in [0.25, 0.3) is 0 Å². The Bertz CT molecular complexity index is 2170. The van der Waals surface area contributed by atoms with Crippen molar-refractivity contribution in [2.24, 2.45) is 29.4 Å². The number of carbonyl (C=O) groups is 7. The molecule has 6 rings (SSSR count). The summed E-state index contributed by atoms with van der Waals surface area (Å²) in [6, 6.07) is 2.70. The van der Waals surface area contributed by atoms with E-state index in [9.17, 15) is 38.7 Å². The molecule has 4 fully saturated rings. The van der Waals surface area contributed by atoms with Crippen molar-refractivity contribution in [3.8, 4) is 5.75 Å². The number of likely N-dealkylation sites (N-methyl/N-ethyl adjacent to an activating group) is 1. The average Bonchev–Trinajstić information content (AvgIpc) is 3.91. The number of methoxy groups -OCH3 is 2. The number of hydrogen-bond donors (Lipinski definition) is 3. The molecule has 67 heavy (non-hydrogen) atoms. The van der Waals surface area contributed by atoms with Gasteiger partial charge in [0.05, 0.1) is 35.8 Å². The molecule has 3 saturated heterocycles. The first-order valence-corrected chi connectivity index (χ1v) is 24.4. The number of amides is 6. The number of thioether (sulfide) groups is 1. The predicted molar refractivity (Wildman–Crippen MR) is 251 cm³/mol. The second-order valence-corrected chi connectivity index (χ2v) is 20.8. The third-order valence-corrected chi connectivity index (χ3v) is 16.2. The molecule has 0 radical (unpaired) electrons. The summed E-state index contributed by atoms with van der Waals surface area (Å²) in [7, 11) is 6.06. The zero-order valence-electron chi connectivity index (χ0n) is 39.7. The highest BCUT2D eigenvalue weighted by Crippen LogP contribution is 2.52. The summed E-state index contributed by atoms with van der Waals surface area (Å²) in [5, 5.41) is 14.0. The molecule has 19 heteroatoms. The molecular weight excluding hydrogens is 906 g/mol. The van der Waals surface area contributed by atoms with Gasteiger partial charge in [-0.1, -0.05) is 42.3 Å². The smallest absolute Gasteiger partial charge is 0.409 e. The average molecular weight is 973 g/mol. The summed E-state index contributed by atoms with van der Waals surface area (Å²) >= 11 is 8.08. The summed E-state index contributed by atoms with van der Waals surface area (Å²) in [5.74, 6) is -2.52. The highest BCUT2D eigenvalue weighted by Gasteiger charge is 2.63. The zero-order chi connectivity index (χ0) is 49.1. The predicted octanol–water partition coefficient (Wildman–Crippen LogP) is 4.72. The Hall–Kier alpha value is -4.49. The number of fused-ring (bicyclic) bond motifs is 5. The highest BCUT2D eigenvalue weighted by atomic mass is 35.5. The van der Waals surface area contributed by atoms with Gasteiger partial charge in [-0.3, -0.25) is 39.0 Å². The van der Waals surface area contributed by atoms with Crippen LogP contribution in [0.1, 0.15) is 91.0 Å². The van der Waals surface area contributed by atoms with Gasteiger partial charge in [0, 0.05) is 83.4 Å². The van der Waals surface area contributed by atoms with Crippen LogP contribution in [0.4, 0.5) is 10.5 Å². The number of primary amides is 1. The molecule has 4 heterocycles. The number of halogens is 1. The molecule has 4 aliphatic heterocycles. The van der Waals surface area contributed by atoms with Crippen molar-refractivity contribution in [1.82, 2.24) is 15.1 Å². The van der Waals surface area contributed by atoms with Crippen molar-refractivity contribution in [2.45, 2.75) is 133 Å². The van der Waals surface area contributed by atoms with Crippen LogP contribution in [-0.2, 0) is 49.4 Å². The molecule has 1 aromatic rings.